The van der Waals surface area contributed by atoms with Crippen LogP contribution in [0.4, 0.5) is 0 Å². The van der Waals surface area contributed by atoms with Crippen LogP contribution < -0.4 is 9.47 Å². The number of hydrogen-bond acceptors (Lipinski definition) is 4. The molecule has 1 aliphatic heterocycles. The second kappa shape index (κ2) is 7.65. The number of carbonyl (C=O) groups is 1. The molecule has 2 fully saturated rings. The van der Waals surface area contributed by atoms with Gasteiger partial charge in [0.15, 0.2) is 11.5 Å². The highest BCUT2D eigenvalue weighted by molar-refractivity contribution is 5.68. The first-order valence-electron chi connectivity index (χ1n) is 9.25. The van der Waals surface area contributed by atoms with Crippen LogP contribution in [0.1, 0.15) is 50.5 Å². The highest BCUT2D eigenvalue weighted by atomic mass is 16.5. The van der Waals surface area contributed by atoms with Gasteiger partial charge in [-0.25, -0.2) is 0 Å². The van der Waals surface area contributed by atoms with Crippen molar-refractivity contribution in [1.82, 2.24) is 4.90 Å². The Balaban J connectivity index is 1.80. The number of rotatable bonds is 6. The minimum absolute atomic E-state index is 0.0428. The lowest BCUT2D eigenvalue weighted by molar-refractivity contribution is -0.144. The Labute approximate surface area is 149 Å². The maximum Gasteiger partial charge on any atom is 0.303 e. The van der Waals surface area contributed by atoms with Gasteiger partial charge in [0.2, 0.25) is 0 Å². The molecule has 0 bridgehead atoms. The van der Waals surface area contributed by atoms with E-state index in [1.54, 1.807) is 14.2 Å². The molecule has 138 valence electrons. The summed E-state index contributed by atoms with van der Waals surface area (Å²) in [6.07, 6.45) is 6.96. The Hall–Kier alpha value is -1.75. The summed E-state index contributed by atoms with van der Waals surface area (Å²) in [5.41, 5.74) is 1.15. The largest absolute Gasteiger partial charge is 0.493 e. The molecule has 0 unspecified atom stereocenters. The van der Waals surface area contributed by atoms with Gasteiger partial charge in [0.25, 0.3) is 0 Å². The first kappa shape index (κ1) is 18.1. The summed E-state index contributed by atoms with van der Waals surface area (Å²) >= 11 is 0. The molecule has 1 aromatic carbocycles. The van der Waals surface area contributed by atoms with E-state index in [0.29, 0.717) is 12.5 Å². The molecule has 1 saturated carbocycles. The number of nitrogens with zero attached hydrogens (tertiary/aromatic N) is 1. The molecular weight excluding hydrogens is 318 g/mol. The molecular formula is C20H29NO4. The maximum atomic E-state index is 11.5. The molecule has 0 radical (unpaired) electrons. The Morgan fingerprint density at radius 1 is 1.20 bits per heavy atom. The average Bonchev–Trinajstić information content (AvgIpc) is 2.61. The molecule has 3 rings (SSSR count). The monoisotopic (exact) mass is 347 g/mol. The van der Waals surface area contributed by atoms with Crippen molar-refractivity contribution >= 4 is 5.97 Å². The van der Waals surface area contributed by atoms with Crippen LogP contribution in [0.5, 0.6) is 11.5 Å². The van der Waals surface area contributed by atoms with Crippen molar-refractivity contribution < 1.29 is 19.4 Å². The normalized spacial score (nSPS) is 26.7. The van der Waals surface area contributed by atoms with Crippen LogP contribution in [0, 0.1) is 5.41 Å². The SMILES string of the molecule is COc1ccc(CN2CCC[C@@]3(CC(=O)O)CCCC[C@@H]23)cc1OC. The van der Waals surface area contributed by atoms with E-state index in [9.17, 15) is 9.90 Å². The number of carboxylic acids is 1. The third-order valence-corrected chi connectivity index (χ3v) is 6.01. The van der Waals surface area contributed by atoms with E-state index < -0.39 is 5.97 Å². The van der Waals surface area contributed by atoms with Gasteiger partial charge in [-0.05, 0) is 55.3 Å². The fourth-order valence-electron chi connectivity index (χ4n) is 4.94. The molecule has 1 heterocycles. The molecule has 0 spiro atoms. The Morgan fingerprint density at radius 3 is 2.68 bits per heavy atom. The fourth-order valence-corrected chi connectivity index (χ4v) is 4.94. The number of ether oxygens (including phenoxy) is 2. The first-order chi connectivity index (χ1) is 12.1. The average molecular weight is 347 g/mol. The van der Waals surface area contributed by atoms with Gasteiger partial charge in [-0.3, -0.25) is 9.69 Å². The molecule has 5 nitrogen and oxygen atoms in total. The van der Waals surface area contributed by atoms with E-state index in [1.165, 1.54) is 12.0 Å². The molecule has 1 aliphatic carbocycles. The quantitative estimate of drug-likeness (QED) is 0.850. The van der Waals surface area contributed by atoms with Crippen molar-refractivity contribution in [2.24, 2.45) is 5.41 Å². The Kier molecular flexibility index (Phi) is 5.52. The Morgan fingerprint density at radius 2 is 1.96 bits per heavy atom. The second-order valence-corrected chi connectivity index (χ2v) is 7.46. The van der Waals surface area contributed by atoms with Gasteiger partial charge in [0.1, 0.15) is 0 Å². The topological polar surface area (TPSA) is 59.0 Å². The maximum absolute atomic E-state index is 11.5. The van der Waals surface area contributed by atoms with Crippen LogP contribution in [-0.4, -0.2) is 42.8 Å². The molecule has 25 heavy (non-hydrogen) atoms. The van der Waals surface area contributed by atoms with Crippen molar-refractivity contribution in [2.45, 2.75) is 57.5 Å². The van der Waals surface area contributed by atoms with Crippen molar-refractivity contribution in [3.63, 3.8) is 0 Å². The predicted octanol–water partition coefficient (Wildman–Crippen LogP) is 3.70. The van der Waals surface area contributed by atoms with Crippen LogP contribution in [0.25, 0.3) is 0 Å². The molecule has 0 amide bonds. The minimum atomic E-state index is -0.653. The van der Waals surface area contributed by atoms with Gasteiger partial charge in [0, 0.05) is 12.6 Å². The lowest BCUT2D eigenvalue weighted by Gasteiger charge is -2.52. The van der Waals surface area contributed by atoms with E-state index >= 15 is 0 Å². The van der Waals surface area contributed by atoms with Gasteiger partial charge >= 0.3 is 5.97 Å². The van der Waals surface area contributed by atoms with Gasteiger partial charge in [-0.1, -0.05) is 18.9 Å². The summed E-state index contributed by atoms with van der Waals surface area (Å²) < 4.78 is 10.7. The number of benzene rings is 1. The Bertz CT molecular complexity index is 614. The van der Waals surface area contributed by atoms with Crippen LogP contribution >= 0.6 is 0 Å². The number of piperidine rings is 1. The molecule has 1 aromatic rings. The van der Waals surface area contributed by atoms with Gasteiger partial charge < -0.3 is 14.6 Å². The van der Waals surface area contributed by atoms with Crippen molar-refractivity contribution in [3.05, 3.63) is 23.8 Å². The van der Waals surface area contributed by atoms with Gasteiger partial charge in [0.05, 0.1) is 20.6 Å². The molecule has 2 aliphatic rings. The second-order valence-electron chi connectivity index (χ2n) is 7.46. The number of methoxy groups -OCH3 is 2. The van der Waals surface area contributed by atoms with E-state index in [1.807, 2.05) is 12.1 Å². The van der Waals surface area contributed by atoms with Gasteiger partial charge in [-0.2, -0.15) is 0 Å². The molecule has 1 N–H and O–H groups in total. The van der Waals surface area contributed by atoms with Crippen LogP contribution in [0.2, 0.25) is 0 Å². The van der Waals surface area contributed by atoms with Crippen LogP contribution in [0.3, 0.4) is 0 Å². The summed E-state index contributed by atoms with van der Waals surface area (Å²) in [6.45, 7) is 1.88. The van der Waals surface area contributed by atoms with Gasteiger partial charge in [-0.15, -0.1) is 0 Å². The lowest BCUT2D eigenvalue weighted by atomic mass is 9.63. The first-order valence-corrected chi connectivity index (χ1v) is 9.25. The van der Waals surface area contributed by atoms with Crippen LogP contribution in [0.15, 0.2) is 18.2 Å². The third-order valence-electron chi connectivity index (χ3n) is 6.01. The molecule has 1 saturated heterocycles. The molecule has 2 atom stereocenters. The predicted molar refractivity (Wildman–Crippen MR) is 96.1 cm³/mol. The number of fused-ring (bicyclic) bond motifs is 1. The zero-order chi connectivity index (χ0) is 17.9. The minimum Gasteiger partial charge on any atom is -0.493 e. The number of hydrogen-bond donors (Lipinski definition) is 1. The standard InChI is InChI=1S/C20H29NO4/c1-24-16-8-7-15(12-17(16)25-2)14-21-11-5-10-20(13-19(22)23)9-4-3-6-18(20)21/h7-8,12,18H,3-6,9-11,13-14H2,1-2H3,(H,22,23)/t18-,20-/m1/s1. The van der Waals surface area contributed by atoms with Crippen molar-refractivity contribution in [1.29, 1.82) is 0 Å². The summed E-state index contributed by atoms with van der Waals surface area (Å²) in [5, 5.41) is 9.45. The highest BCUT2D eigenvalue weighted by Crippen LogP contribution is 2.48. The summed E-state index contributed by atoms with van der Waals surface area (Å²) in [5.74, 6) is 0.833. The summed E-state index contributed by atoms with van der Waals surface area (Å²) in [4.78, 5) is 14.0. The third kappa shape index (κ3) is 3.76. The number of carboxylic acid groups (broad SMARTS) is 1. The summed E-state index contributed by atoms with van der Waals surface area (Å²) in [6, 6.07) is 6.44. The molecule has 0 aromatic heterocycles. The van der Waals surface area contributed by atoms with Crippen molar-refractivity contribution in [3.8, 4) is 11.5 Å². The fraction of sp³-hybridized carbons (Fsp3) is 0.650. The molecule has 5 heteroatoms. The van der Waals surface area contributed by atoms with E-state index in [0.717, 1.165) is 56.7 Å². The zero-order valence-corrected chi connectivity index (χ0v) is 15.3. The number of likely N-dealkylation sites (tertiary alicyclic amines) is 1. The van der Waals surface area contributed by atoms with E-state index in [2.05, 4.69) is 11.0 Å². The number of aliphatic carboxylic acids is 1. The smallest absolute Gasteiger partial charge is 0.303 e. The van der Waals surface area contributed by atoms with Crippen LogP contribution in [-0.2, 0) is 11.3 Å². The summed E-state index contributed by atoms with van der Waals surface area (Å²) in [7, 11) is 3.30. The zero-order valence-electron chi connectivity index (χ0n) is 15.3. The van der Waals surface area contributed by atoms with Crippen molar-refractivity contribution in [2.75, 3.05) is 20.8 Å². The van der Waals surface area contributed by atoms with E-state index in [4.69, 9.17) is 9.47 Å². The van der Waals surface area contributed by atoms with E-state index in [-0.39, 0.29) is 5.41 Å². The lowest BCUT2D eigenvalue weighted by Crippen LogP contribution is -2.54. The highest BCUT2D eigenvalue weighted by Gasteiger charge is 2.46.